The Morgan fingerprint density at radius 3 is 1.39 bits per heavy atom. The summed E-state index contributed by atoms with van der Waals surface area (Å²) in [5.41, 5.74) is 15.9. The van der Waals surface area contributed by atoms with Gasteiger partial charge in [0.25, 0.3) is 0 Å². The first-order chi connectivity index (χ1) is 36.2. The molecule has 0 spiro atoms. The number of carbonyl (C=O) groups is 1. The van der Waals surface area contributed by atoms with Gasteiger partial charge in [0.15, 0.2) is 22.3 Å². The highest BCUT2D eigenvalue weighted by Crippen LogP contribution is 2.43. The Labute approximate surface area is 458 Å². The lowest BCUT2D eigenvalue weighted by atomic mass is 10.1. The molecule has 15 aromatic rings. The summed E-state index contributed by atoms with van der Waals surface area (Å²) in [4.78, 5) is 9.62. The molecule has 0 unspecified atom stereocenters. The molecule has 0 bridgehead atoms. The van der Waals surface area contributed by atoms with Crippen LogP contribution in [0.5, 0.6) is 0 Å². The first kappa shape index (κ1) is 46.4. The number of carbonyl (C=O) groups excluding carboxylic acids is 1. The molecule has 362 valence electrons. The maximum absolute atomic E-state index is 9.62. The Morgan fingerprint density at radius 2 is 0.878 bits per heavy atom. The van der Waals surface area contributed by atoms with Gasteiger partial charge in [0.05, 0.1) is 20.0 Å². The minimum atomic E-state index is -0.0833. The Morgan fingerprint density at radius 1 is 0.473 bits per heavy atom. The molecule has 74 heavy (non-hydrogen) atoms. The van der Waals surface area contributed by atoms with Crippen LogP contribution in [0.4, 0.5) is 0 Å². The van der Waals surface area contributed by atoms with E-state index in [0.717, 1.165) is 109 Å². The third-order valence-electron chi connectivity index (χ3n) is 13.6. The second-order valence-corrected chi connectivity index (χ2v) is 21.1. The van der Waals surface area contributed by atoms with Crippen molar-refractivity contribution in [2.24, 2.45) is 0 Å². The van der Waals surface area contributed by atoms with E-state index in [9.17, 15) is 4.79 Å². The molecule has 0 saturated heterocycles. The fourth-order valence-corrected chi connectivity index (χ4v) is 11.9. The molecule has 16 rings (SSSR count). The van der Waals surface area contributed by atoms with Crippen LogP contribution in [0.15, 0.2) is 221 Å². The van der Waals surface area contributed by atoms with Crippen molar-refractivity contribution in [1.29, 1.82) is 0 Å². The van der Waals surface area contributed by atoms with E-state index < -0.39 is 0 Å². The number of para-hydroxylation sites is 4. The SMILES string of the molecule is Brc1cccc2c1oc1c2ccc2c3cc(-n4c5ccccc5c5ccccc54)ccc3oc21.Brc1cccc2c1oc1c2ccc2c3cc(I)ccc3oc21.C.[2HH].[2H]CC(C)=O.c1ccc2c(c1)Cc1ccccc1-2. The van der Waals surface area contributed by atoms with E-state index >= 15 is 0 Å². The molecule has 0 atom stereocenters. The lowest BCUT2D eigenvalue weighted by Crippen LogP contribution is -1.93. The van der Waals surface area contributed by atoms with Gasteiger partial charge in [-0.2, -0.15) is 0 Å². The van der Waals surface area contributed by atoms with Crippen molar-refractivity contribution < 1.29 is 25.3 Å². The molecule has 0 aliphatic heterocycles. The second kappa shape index (κ2) is 19.1. The maximum atomic E-state index is 9.62. The van der Waals surface area contributed by atoms with Crippen molar-refractivity contribution in [3.8, 4) is 16.8 Å². The van der Waals surface area contributed by atoms with Crippen LogP contribution in [0, 0.1) is 3.57 Å². The molecule has 1 aliphatic carbocycles. The Bertz CT molecular complexity index is 4640. The largest absolute Gasteiger partial charge is 0.452 e. The van der Waals surface area contributed by atoms with Crippen molar-refractivity contribution in [2.75, 3.05) is 0 Å². The second-order valence-electron chi connectivity index (χ2n) is 18.2. The third-order valence-corrected chi connectivity index (χ3v) is 15.5. The average molecular weight is 1210 g/mol. The number of halogens is 3. The summed E-state index contributed by atoms with van der Waals surface area (Å²) in [6.07, 6.45) is 1.10. The molecule has 0 fully saturated rings. The van der Waals surface area contributed by atoms with Gasteiger partial charge in [-0.1, -0.05) is 117 Å². The number of fused-ring (bicyclic) bond motifs is 20. The molecule has 0 amide bonds. The summed E-state index contributed by atoms with van der Waals surface area (Å²) >= 11 is 9.50. The zero-order valence-corrected chi connectivity index (χ0v) is 44.3. The van der Waals surface area contributed by atoms with Crippen molar-refractivity contribution >= 4 is 170 Å². The topological polar surface area (TPSA) is 74.6 Å². The minimum absolute atomic E-state index is 0. The van der Waals surface area contributed by atoms with Crippen molar-refractivity contribution in [2.45, 2.75) is 27.7 Å². The first-order valence-corrected chi connectivity index (χ1v) is 26.4. The summed E-state index contributed by atoms with van der Waals surface area (Å²) in [7, 11) is 0. The Balaban J connectivity index is 0.000000126. The zero-order chi connectivity index (χ0) is 50.2. The number of nitrogens with zero attached hydrogens (tertiary/aromatic N) is 1. The van der Waals surface area contributed by atoms with Crippen LogP contribution in [0.1, 0.15) is 35.2 Å². The minimum Gasteiger partial charge on any atom is -0.452 e. The molecule has 0 saturated carbocycles. The number of furan rings is 4. The normalized spacial score (nSPS) is 11.9. The summed E-state index contributed by atoms with van der Waals surface area (Å²) in [6.45, 7) is 1.31. The van der Waals surface area contributed by atoms with Gasteiger partial charge in [0.2, 0.25) is 0 Å². The first-order valence-electron chi connectivity index (χ1n) is 24.4. The number of Topliss-reactive ketones (excluding diaryl/α,β-unsaturated/α-hetero) is 1. The van der Waals surface area contributed by atoms with E-state index in [4.69, 9.17) is 19.0 Å². The van der Waals surface area contributed by atoms with Gasteiger partial charge in [-0.05, 0) is 182 Å². The molecule has 1 aliphatic rings. The molecule has 10 aromatic carbocycles. The highest BCUT2D eigenvalue weighted by Gasteiger charge is 2.21. The lowest BCUT2D eigenvalue weighted by Gasteiger charge is -2.07. The maximum Gasteiger partial charge on any atom is 0.178 e. The zero-order valence-electron chi connectivity index (χ0n) is 40.0. The van der Waals surface area contributed by atoms with Gasteiger partial charge in [-0.3, -0.25) is 0 Å². The van der Waals surface area contributed by atoms with Crippen molar-refractivity contribution in [3.05, 3.63) is 218 Å². The molecular weight excluding hydrogens is 1160 g/mol. The number of hydrogen-bond acceptors (Lipinski definition) is 5. The highest BCUT2D eigenvalue weighted by molar-refractivity contribution is 14.1. The summed E-state index contributed by atoms with van der Waals surface area (Å²) in [5, 5.41) is 11.2. The van der Waals surface area contributed by atoms with E-state index in [1.807, 2.05) is 30.3 Å². The third kappa shape index (κ3) is 8.00. The molecular formula is C65H46Br2INO5. The molecule has 5 heterocycles. The van der Waals surface area contributed by atoms with Gasteiger partial charge in [-0.25, -0.2) is 0 Å². The lowest BCUT2D eigenvalue weighted by molar-refractivity contribution is -0.115. The molecule has 0 N–H and O–H groups in total. The molecule has 5 aromatic heterocycles. The summed E-state index contributed by atoms with van der Waals surface area (Å²) < 4.78 is 36.6. The number of benzene rings is 10. The van der Waals surface area contributed by atoms with Gasteiger partial charge in [0, 0.05) is 65.9 Å². The smallest absolute Gasteiger partial charge is 0.178 e. The number of ketones is 1. The Hall–Kier alpha value is -7.44. The summed E-state index contributed by atoms with van der Waals surface area (Å²) in [6, 6.07) is 67.8. The van der Waals surface area contributed by atoms with E-state index in [1.54, 1.807) is 0 Å². The highest BCUT2D eigenvalue weighted by atomic mass is 127. The van der Waals surface area contributed by atoms with Crippen LogP contribution in [0.25, 0.3) is 126 Å². The fraction of sp³-hybridized carbons (Fsp3) is 0.0615. The van der Waals surface area contributed by atoms with Crippen LogP contribution in [0.3, 0.4) is 0 Å². The Kier molecular flexibility index (Phi) is 12.0. The van der Waals surface area contributed by atoms with Gasteiger partial charge < -0.3 is 27.0 Å². The van der Waals surface area contributed by atoms with Crippen LogP contribution in [-0.4, -0.2) is 10.4 Å². The van der Waals surface area contributed by atoms with E-state index in [-0.39, 0.29) is 21.5 Å². The van der Waals surface area contributed by atoms with Crippen LogP contribution in [-0.2, 0) is 11.2 Å². The van der Waals surface area contributed by atoms with Gasteiger partial charge >= 0.3 is 0 Å². The van der Waals surface area contributed by atoms with Gasteiger partial charge in [0.1, 0.15) is 28.1 Å². The summed E-state index contributed by atoms with van der Waals surface area (Å²) in [5.74, 6) is -0.0787. The van der Waals surface area contributed by atoms with Crippen LogP contribution < -0.4 is 0 Å². The average Bonchev–Trinajstić information content (AvgIpc) is 4.37. The standard InChI is InChI=1S/C30H16BrNO2.C18H8BrIO2.C13H10.C3H6O.CH4.H2/c31-24-9-5-8-20-21-13-14-22-23-16-17(12-15-27(23)33-29(22)30(21)34-28(20)24)32-25-10-3-1-6-18(25)19-7-2-4-11-26(19)32;19-14-3-1-2-10-11-5-6-12-13-8-9(20)4-7-15(13)21-17(12)18(11)22-16(10)14;1-3-7-12-10(5-1)9-11-6-2-4-8-13(11)12;1-3(2)4;;/h1-16H;1-8H;1-8H,9H2;1-2H3;1H4;1H/i;;;1D;;1+1. The number of hydrogen-bond donors (Lipinski definition) is 0. The predicted octanol–water partition coefficient (Wildman–Crippen LogP) is 20.9. The van der Waals surface area contributed by atoms with E-state index in [2.05, 4.69) is 223 Å². The fourth-order valence-electron chi connectivity index (χ4n) is 10.5. The monoisotopic (exact) mass is 1210 g/mol. The van der Waals surface area contributed by atoms with Crippen molar-refractivity contribution in [3.63, 3.8) is 0 Å². The molecule has 9 heteroatoms. The number of rotatable bonds is 1. The molecule has 0 radical (unpaired) electrons. The quantitative estimate of drug-likeness (QED) is 0.153. The van der Waals surface area contributed by atoms with Gasteiger partial charge in [-0.15, -0.1) is 0 Å². The van der Waals surface area contributed by atoms with Crippen LogP contribution in [0.2, 0.25) is 0 Å². The predicted molar refractivity (Wildman–Crippen MR) is 324 cm³/mol. The number of aromatic nitrogens is 1. The van der Waals surface area contributed by atoms with E-state index in [1.165, 1.54) is 54.6 Å². The van der Waals surface area contributed by atoms with E-state index in [0.29, 0.717) is 0 Å². The van der Waals surface area contributed by atoms with Crippen molar-refractivity contribution in [1.82, 2.24) is 4.57 Å². The molecule has 6 nitrogen and oxygen atoms in total. The van der Waals surface area contributed by atoms with Crippen LogP contribution >= 0.6 is 54.5 Å².